The normalized spacial score (nSPS) is 12.5. The van der Waals surface area contributed by atoms with Crippen molar-refractivity contribution in [3.8, 4) is 11.5 Å². The highest BCUT2D eigenvalue weighted by molar-refractivity contribution is 5.97. The fourth-order valence-electron chi connectivity index (χ4n) is 2.13. The van der Waals surface area contributed by atoms with Gasteiger partial charge >= 0.3 is 5.97 Å². The molecule has 5 heteroatoms. The summed E-state index contributed by atoms with van der Waals surface area (Å²) >= 11 is 0. The third-order valence-electron chi connectivity index (χ3n) is 3.35. The molecule has 1 heterocycles. The molecule has 2 aromatic rings. The number of fused-ring (bicyclic) bond motifs is 1. The van der Waals surface area contributed by atoms with E-state index in [2.05, 4.69) is 11.9 Å². The van der Waals surface area contributed by atoms with Crippen molar-refractivity contribution >= 4 is 16.9 Å². The maximum absolute atomic E-state index is 11.7. The van der Waals surface area contributed by atoms with Gasteiger partial charge in [-0.05, 0) is 33.3 Å². The molecule has 0 spiro atoms. The minimum atomic E-state index is -0.406. The summed E-state index contributed by atoms with van der Waals surface area (Å²) in [5, 5.41) is 0.839. The van der Waals surface area contributed by atoms with Crippen LogP contribution >= 0.6 is 0 Å². The van der Waals surface area contributed by atoms with Crippen molar-refractivity contribution in [2.75, 3.05) is 7.11 Å². The number of ether oxygens (including phenoxy) is 3. The van der Waals surface area contributed by atoms with Crippen LogP contribution in [0.5, 0.6) is 11.5 Å². The smallest absolute Gasteiger partial charge is 0.354 e. The second-order valence-electron chi connectivity index (χ2n) is 5.56. The topological polar surface area (TPSA) is 60.6 Å². The van der Waals surface area contributed by atoms with E-state index in [1.165, 1.54) is 7.11 Å². The number of hydrogen-bond acceptors (Lipinski definition) is 4. The molecule has 0 radical (unpaired) electrons. The molecule has 22 heavy (non-hydrogen) atoms. The van der Waals surface area contributed by atoms with E-state index >= 15 is 0 Å². The molecule has 120 valence electrons. The summed E-state index contributed by atoms with van der Waals surface area (Å²) in [6.45, 7) is 8.00. The largest absolute Gasteiger partial charge is 0.491 e. The first-order chi connectivity index (χ1) is 10.4. The molecule has 0 aliphatic rings. The molecule has 1 unspecified atom stereocenters. The van der Waals surface area contributed by atoms with Crippen LogP contribution in [0.3, 0.4) is 0 Å². The molecular weight excluding hydrogens is 282 g/mol. The summed E-state index contributed by atoms with van der Waals surface area (Å²) in [4.78, 5) is 14.8. The van der Waals surface area contributed by atoms with E-state index < -0.39 is 5.97 Å². The number of nitrogens with one attached hydrogen (secondary N) is 1. The number of carbonyl (C=O) groups is 1. The number of benzene rings is 1. The second kappa shape index (κ2) is 6.73. The van der Waals surface area contributed by atoms with Gasteiger partial charge in [-0.15, -0.1) is 0 Å². The minimum absolute atomic E-state index is 0.0264. The van der Waals surface area contributed by atoms with Crippen LogP contribution in [0.25, 0.3) is 10.9 Å². The lowest BCUT2D eigenvalue weighted by Gasteiger charge is -2.16. The predicted molar refractivity (Wildman–Crippen MR) is 85.8 cm³/mol. The Morgan fingerprint density at radius 2 is 1.91 bits per heavy atom. The van der Waals surface area contributed by atoms with Gasteiger partial charge in [0.2, 0.25) is 0 Å². The van der Waals surface area contributed by atoms with Gasteiger partial charge < -0.3 is 19.2 Å². The van der Waals surface area contributed by atoms with Crippen molar-refractivity contribution in [3.05, 3.63) is 23.9 Å². The van der Waals surface area contributed by atoms with E-state index in [1.54, 1.807) is 6.07 Å². The molecule has 1 aromatic heterocycles. The highest BCUT2D eigenvalue weighted by atomic mass is 16.5. The van der Waals surface area contributed by atoms with Gasteiger partial charge in [0.25, 0.3) is 0 Å². The molecule has 0 saturated carbocycles. The van der Waals surface area contributed by atoms with Crippen LogP contribution in [0.15, 0.2) is 18.2 Å². The standard InChI is InChI=1S/C17H23NO4/c1-6-11(4)22-12-7-14-13(16(8-12)21-10(2)3)9-15(18-14)17(19)20-5/h7-11,18H,6H2,1-5H3. The first-order valence-electron chi connectivity index (χ1n) is 7.53. The number of hydrogen-bond donors (Lipinski definition) is 1. The highest BCUT2D eigenvalue weighted by Gasteiger charge is 2.16. The maximum atomic E-state index is 11.7. The Labute approximate surface area is 130 Å². The molecule has 0 amide bonds. The molecule has 0 fully saturated rings. The summed E-state index contributed by atoms with van der Waals surface area (Å²) in [7, 11) is 1.36. The fraction of sp³-hybridized carbons (Fsp3) is 0.471. The zero-order valence-electron chi connectivity index (χ0n) is 13.7. The summed E-state index contributed by atoms with van der Waals surface area (Å²) in [6, 6.07) is 5.48. The van der Waals surface area contributed by atoms with Crippen molar-refractivity contribution in [2.24, 2.45) is 0 Å². The summed E-state index contributed by atoms with van der Waals surface area (Å²) in [6.07, 6.45) is 1.05. The average molecular weight is 305 g/mol. The first kappa shape index (κ1) is 16.2. The van der Waals surface area contributed by atoms with Gasteiger partial charge in [-0.25, -0.2) is 4.79 Å². The molecule has 5 nitrogen and oxygen atoms in total. The Kier molecular flexibility index (Phi) is 4.96. The molecule has 0 aliphatic heterocycles. The van der Waals surface area contributed by atoms with Crippen LogP contribution in [-0.4, -0.2) is 30.3 Å². The molecule has 0 saturated heterocycles. The van der Waals surface area contributed by atoms with Crippen molar-refractivity contribution in [3.63, 3.8) is 0 Å². The van der Waals surface area contributed by atoms with Crippen molar-refractivity contribution in [2.45, 2.75) is 46.3 Å². The fourth-order valence-corrected chi connectivity index (χ4v) is 2.13. The van der Waals surface area contributed by atoms with E-state index in [0.29, 0.717) is 11.4 Å². The molecule has 2 rings (SSSR count). The lowest BCUT2D eigenvalue weighted by Crippen LogP contribution is -2.10. The Morgan fingerprint density at radius 1 is 1.18 bits per heavy atom. The molecule has 1 N–H and O–H groups in total. The number of methoxy groups -OCH3 is 1. The number of aromatic nitrogens is 1. The van der Waals surface area contributed by atoms with E-state index in [4.69, 9.17) is 14.2 Å². The lowest BCUT2D eigenvalue weighted by atomic mass is 10.2. The third kappa shape index (κ3) is 3.53. The quantitative estimate of drug-likeness (QED) is 0.822. The van der Waals surface area contributed by atoms with Gasteiger partial charge in [-0.2, -0.15) is 0 Å². The summed E-state index contributed by atoms with van der Waals surface area (Å²) in [5.41, 5.74) is 1.18. The predicted octanol–water partition coefficient (Wildman–Crippen LogP) is 3.92. The zero-order valence-corrected chi connectivity index (χ0v) is 13.7. The molecular formula is C17H23NO4. The first-order valence-corrected chi connectivity index (χ1v) is 7.53. The number of esters is 1. The van der Waals surface area contributed by atoms with Crippen LogP contribution in [0.1, 0.15) is 44.6 Å². The molecule has 0 aliphatic carbocycles. The van der Waals surface area contributed by atoms with E-state index in [1.807, 2.05) is 32.9 Å². The van der Waals surface area contributed by atoms with Gasteiger partial charge in [0, 0.05) is 17.5 Å². The number of aromatic amines is 1. The van der Waals surface area contributed by atoms with Gasteiger partial charge in [0.05, 0.1) is 24.8 Å². The van der Waals surface area contributed by atoms with Gasteiger partial charge in [-0.1, -0.05) is 6.92 Å². The summed E-state index contributed by atoms with van der Waals surface area (Å²) in [5.74, 6) is 1.00. The Hall–Kier alpha value is -2.17. The van der Waals surface area contributed by atoms with Crippen molar-refractivity contribution in [1.82, 2.24) is 4.98 Å². The van der Waals surface area contributed by atoms with E-state index in [9.17, 15) is 4.79 Å². The van der Waals surface area contributed by atoms with E-state index in [0.717, 1.165) is 23.1 Å². The van der Waals surface area contributed by atoms with Gasteiger partial charge in [0.15, 0.2) is 0 Å². The Balaban J connectivity index is 2.49. The lowest BCUT2D eigenvalue weighted by molar-refractivity contribution is 0.0595. The second-order valence-corrected chi connectivity index (χ2v) is 5.56. The van der Waals surface area contributed by atoms with Crippen LogP contribution in [0.4, 0.5) is 0 Å². The average Bonchev–Trinajstić information content (AvgIpc) is 2.90. The van der Waals surface area contributed by atoms with Gasteiger partial charge in [-0.3, -0.25) is 0 Å². The van der Waals surface area contributed by atoms with Crippen LogP contribution in [0, 0.1) is 0 Å². The van der Waals surface area contributed by atoms with Crippen LogP contribution in [0.2, 0.25) is 0 Å². The zero-order chi connectivity index (χ0) is 16.3. The number of carbonyl (C=O) groups excluding carboxylic acids is 1. The molecule has 1 atom stereocenters. The highest BCUT2D eigenvalue weighted by Crippen LogP contribution is 2.33. The van der Waals surface area contributed by atoms with Crippen LogP contribution < -0.4 is 9.47 Å². The van der Waals surface area contributed by atoms with Crippen molar-refractivity contribution < 1.29 is 19.0 Å². The third-order valence-corrected chi connectivity index (χ3v) is 3.35. The Bertz CT molecular complexity index is 660. The maximum Gasteiger partial charge on any atom is 0.354 e. The van der Waals surface area contributed by atoms with Crippen molar-refractivity contribution in [1.29, 1.82) is 0 Å². The summed E-state index contributed by atoms with van der Waals surface area (Å²) < 4.78 is 16.5. The van der Waals surface area contributed by atoms with Crippen LogP contribution in [-0.2, 0) is 4.74 Å². The molecule has 0 bridgehead atoms. The monoisotopic (exact) mass is 305 g/mol. The number of H-pyrrole nitrogens is 1. The molecule has 1 aromatic carbocycles. The SMILES string of the molecule is CCC(C)Oc1cc(OC(C)C)c2cc(C(=O)OC)[nH]c2c1. The minimum Gasteiger partial charge on any atom is -0.491 e. The van der Waals surface area contributed by atoms with E-state index in [-0.39, 0.29) is 12.2 Å². The number of rotatable bonds is 6. The Morgan fingerprint density at radius 3 is 2.50 bits per heavy atom. The van der Waals surface area contributed by atoms with Gasteiger partial charge in [0.1, 0.15) is 17.2 Å².